The summed E-state index contributed by atoms with van der Waals surface area (Å²) in [6.07, 6.45) is 3.02. The van der Waals surface area contributed by atoms with Crippen molar-refractivity contribution in [3.63, 3.8) is 0 Å². The molecule has 0 heterocycles. The zero-order valence-electron chi connectivity index (χ0n) is 13.3. The largest absolute Gasteiger partial charge is 0.364 e. The minimum atomic E-state index is 0.441. The van der Waals surface area contributed by atoms with Crippen LogP contribution in [0.15, 0.2) is 55.1 Å². The summed E-state index contributed by atoms with van der Waals surface area (Å²) < 4.78 is 0. The van der Waals surface area contributed by atoms with Crippen LogP contribution in [-0.4, -0.2) is 6.04 Å². The summed E-state index contributed by atoms with van der Waals surface area (Å²) in [5.41, 5.74) is 5.29. The Morgan fingerprint density at radius 1 is 1.00 bits per heavy atom. The average Bonchev–Trinajstić information content (AvgIpc) is 2.52. The van der Waals surface area contributed by atoms with Crippen LogP contribution in [0, 0.1) is 0 Å². The van der Waals surface area contributed by atoms with Crippen molar-refractivity contribution in [1.29, 1.82) is 0 Å². The highest BCUT2D eigenvalue weighted by molar-refractivity contribution is 5.67. The average molecular weight is 279 g/mol. The van der Waals surface area contributed by atoms with Crippen LogP contribution in [0.3, 0.4) is 0 Å². The van der Waals surface area contributed by atoms with E-state index in [1.807, 2.05) is 6.08 Å². The van der Waals surface area contributed by atoms with Gasteiger partial charge in [-0.2, -0.15) is 0 Å². The van der Waals surface area contributed by atoms with Crippen molar-refractivity contribution in [2.24, 2.45) is 0 Å². The molecule has 0 saturated carbocycles. The SMILES string of the molecule is C=Cc1ccccc1N(Cc1ccccc1CC)C(C)C. The molecule has 0 aliphatic carbocycles. The van der Waals surface area contributed by atoms with Crippen molar-refractivity contribution in [3.05, 3.63) is 71.8 Å². The Balaban J connectivity index is 2.38. The second-order valence-electron chi connectivity index (χ2n) is 5.61. The Labute approximate surface area is 128 Å². The van der Waals surface area contributed by atoms with Gasteiger partial charge < -0.3 is 4.90 Å². The van der Waals surface area contributed by atoms with Crippen molar-refractivity contribution in [2.75, 3.05) is 4.90 Å². The maximum atomic E-state index is 3.95. The van der Waals surface area contributed by atoms with Crippen LogP contribution in [0.5, 0.6) is 0 Å². The normalized spacial score (nSPS) is 10.7. The van der Waals surface area contributed by atoms with Crippen LogP contribution < -0.4 is 4.90 Å². The first kappa shape index (κ1) is 15.4. The molecule has 0 bridgehead atoms. The van der Waals surface area contributed by atoms with Gasteiger partial charge in [-0.25, -0.2) is 0 Å². The standard InChI is InChI=1S/C20H25N/c1-5-17-11-7-8-13-19(17)15-21(16(3)4)20-14-10-9-12-18(20)6-2/h6-14,16H,2,5,15H2,1,3-4H3. The fraction of sp³-hybridized carbons (Fsp3) is 0.300. The van der Waals surface area contributed by atoms with E-state index in [1.54, 1.807) is 0 Å². The third kappa shape index (κ3) is 3.55. The van der Waals surface area contributed by atoms with Gasteiger partial charge in [0.1, 0.15) is 0 Å². The van der Waals surface area contributed by atoms with Crippen molar-refractivity contribution >= 4 is 11.8 Å². The third-order valence-electron chi connectivity index (χ3n) is 3.93. The van der Waals surface area contributed by atoms with Gasteiger partial charge in [-0.15, -0.1) is 0 Å². The van der Waals surface area contributed by atoms with Gasteiger partial charge >= 0.3 is 0 Å². The molecule has 0 aliphatic rings. The van der Waals surface area contributed by atoms with Gasteiger partial charge in [0.25, 0.3) is 0 Å². The van der Waals surface area contributed by atoms with Crippen LogP contribution in [-0.2, 0) is 13.0 Å². The van der Waals surface area contributed by atoms with Gasteiger partial charge in [-0.1, -0.05) is 62.0 Å². The van der Waals surface area contributed by atoms with Crippen LogP contribution in [0.1, 0.15) is 37.5 Å². The van der Waals surface area contributed by atoms with E-state index >= 15 is 0 Å². The predicted octanol–water partition coefficient (Wildman–Crippen LogP) is 5.31. The highest BCUT2D eigenvalue weighted by Crippen LogP contribution is 2.26. The molecule has 110 valence electrons. The molecule has 0 N–H and O–H groups in total. The minimum Gasteiger partial charge on any atom is -0.364 e. The zero-order chi connectivity index (χ0) is 15.2. The summed E-state index contributed by atoms with van der Waals surface area (Å²) in [7, 11) is 0. The van der Waals surface area contributed by atoms with E-state index in [0.29, 0.717) is 6.04 Å². The fourth-order valence-corrected chi connectivity index (χ4v) is 2.71. The molecule has 2 rings (SSSR count). The monoisotopic (exact) mass is 279 g/mol. The molecule has 0 spiro atoms. The third-order valence-corrected chi connectivity index (χ3v) is 3.93. The van der Waals surface area contributed by atoms with Gasteiger partial charge in [-0.3, -0.25) is 0 Å². The molecule has 0 fully saturated rings. The summed E-state index contributed by atoms with van der Waals surface area (Å²) in [6, 6.07) is 17.7. The van der Waals surface area contributed by atoms with E-state index in [9.17, 15) is 0 Å². The van der Waals surface area contributed by atoms with Crippen molar-refractivity contribution in [3.8, 4) is 0 Å². The van der Waals surface area contributed by atoms with Gasteiger partial charge in [0.05, 0.1) is 0 Å². The lowest BCUT2D eigenvalue weighted by atomic mass is 10.0. The number of hydrogen-bond acceptors (Lipinski definition) is 1. The van der Waals surface area contributed by atoms with Crippen molar-refractivity contribution in [2.45, 2.75) is 39.8 Å². The summed E-state index contributed by atoms with van der Waals surface area (Å²) in [5, 5.41) is 0. The summed E-state index contributed by atoms with van der Waals surface area (Å²) in [4.78, 5) is 2.45. The fourth-order valence-electron chi connectivity index (χ4n) is 2.71. The number of aryl methyl sites for hydroxylation is 1. The molecule has 0 aromatic heterocycles. The number of benzene rings is 2. The molecule has 0 saturated heterocycles. The van der Waals surface area contributed by atoms with Crippen molar-refractivity contribution in [1.82, 2.24) is 0 Å². The Hall–Kier alpha value is -2.02. The van der Waals surface area contributed by atoms with Crippen LogP contribution in [0.2, 0.25) is 0 Å². The number of rotatable bonds is 6. The number of nitrogens with zero attached hydrogens (tertiary/aromatic N) is 1. The first-order valence-electron chi connectivity index (χ1n) is 7.72. The lowest BCUT2D eigenvalue weighted by molar-refractivity contribution is 0.679. The van der Waals surface area contributed by atoms with Gasteiger partial charge in [0, 0.05) is 18.3 Å². The second kappa shape index (κ2) is 7.12. The Morgan fingerprint density at radius 3 is 2.24 bits per heavy atom. The molecule has 1 nitrogen and oxygen atoms in total. The molecule has 2 aromatic rings. The van der Waals surface area contributed by atoms with E-state index in [1.165, 1.54) is 22.4 Å². The first-order valence-corrected chi connectivity index (χ1v) is 7.72. The van der Waals surface area contributed by atoms with E-state index in [2.05, 4.69) is 80.8 Å². The number of anilines is 1. The Morgan fingerprint density at radius 2 is 1.62 bits per heavy atom. The lowest BCUT2D eigenvalue weighted by Crippen LogP contribution is -2.31. The molecule has 21 heavy (non-hydrogen) atoms. The highest BCUT2D eigenvalue weighted by Gasteiger charge is 2.14. The maximum absolute atomic E-state index is 3.95. The van der Waals surface area contributed by atoms with Gasteiger partial charge in [0.15, 0.2) is 0 Å². The first-order chi connectivity index (χ1) is 10.2. The smallest absolute Gasteiger partial charge is 0.0444 e. The quantitative estimate of drug-likeness (QED) is 0.693. The topological polar surface area (TPSA) is 3.24 Å². The minimum absolute atomic E-state index is 0.441. The Bertz CT molecular complexity index is 598. The summed E-state index contributed by atoms with van der Waals surface area (Å²) >= 11 is 0. The summed E-state index contributed by atoms with van der Waals surface area (Å²) in [5.74, 6) is 0. The molecule has 0 unspecified atom stereocenters. The Kier molecular flexibility index (Phi) is 5.21. The predicted molar refractivity (Wildman–Crippen MR) is 93.7 cm³/mol. The molecule has 0 atom stereocenters. The molecule has 0 radical (unpaired) electrons. The van der Waals surface area contributed by atoms with Crippen molar-refractivity contribution < 1.29 is 0 Å². The number of para-hydroxylation sites is 1. The molecule has 2 aromatic carbocycles. The van der Waals surface area contributed by atoms with Gasteiger partial charge in [-0.05, 0) is 43.0 Å². The maximum Gasteiger partial charge on any atom is 0.0444 e. The van der Waals surface area contributed by atoms with Crippen LogP contribution >= 0.6 is 0 Å². The molecular formula is C20H25N. The molecule has 0 aliphatic heterocycles. The van der Waals surface area contributed by atoms with E-state index in [4.69, 9.17) is 0 Å². The number of hydrogen-bond donors (Lipinski definition) is 0. The van der Waals surface area contributed by atoms with E-state index in [-0.39, 0.29) is 0 Å². The lowest BCUT2D eigenvalue weighted by Gasteiger charge is -2.31. The van der Waals surface area contributed by atoms with Crippen LogP contribution in [0.25, 0.3) is 6.08 Å². The van der Waals surface area contributed by atoms with E-state index in [0.717, 1.165) is 13.0 Å². The zero-order valence-corrected chi connectivity index (χ0v) is 13.3. The molecular weight excluding hydrogens is 254 g/mol. The summed E-state index contributed by atoms with van der Waals surface area (Å²) in [6.45, 7) is 11.6. The van der Waals surface area contributed by atoms with E-state index < -0.39 is 0 Å². The van der Waals surface area contributed by atoms with Crippen LogP contribution in [0.4, 0.5) is 5.69 Å². The molecule has 1 heteroatoms. The van der Waals surface area contributed by atoms with Gasteiger partial charge in [0.2, 0.25) is 0 Å². The highest BCUT2D eigenvalue weighted by atomic mass is 15.2. The second-order valence-corrected chi connectivity index (χ2v) is 5.61. The molecule has 0 amide bonds.